The minimum absolute atomic E-state index is 0.0825. The molecule has 148 valence electrons. The van der Waals surface area contributed by atoms with Crippen LogP contribution >= 0.6 is 11.8 Å². The number of halogens is 8. The SMILES string of the molecule is Fc1cccc(C(CC(F)(F)F)SC(CC(F)(F)F)c2cccc(F)c2)c1. The van der Waals surface area contributed by atoms with E-state index in [4.69, 9.17) is 0 Å². The Balaban J connectivity index is 2.39. The summed E-state index contributed by atoms with van der Waals surface area (Å²) in [6, 6.07) is 8.60. The van der Waals surface area contributed by atoms with Crippen LogP contribution in [-0.2, 0) is 0 Å². The Morgan fingerprint density at radius 1 is 0.667 bits per heavy atom. The van der Waals surface area contributed by atoms with Crippen molar-refractivity contribution >= 4 is 11.8 Å². The highest BCUT2D eigenvalue weighted by molar-refractivity contribution is 7.99. The van der Waals surface area contributed by atoms with Gasteiger partial charge in [-0.2, -0.15) is 26.3 Å². The van der Waals surface area contributed by atoms with Gasteiger partial charge < -0.3 is 0 Å². The van der Waals surface area contributed by atoms with Crippen molar-refractivity contribution in [2.45, 2.75) is 35.7 Å². The fourth-order valence-corrected chi connectivity index (χ4v) is 4.10. The van der Waals surface area contributed by atoms with E-state index in [2.05, 4.69) is 0 Å². The van der Waals surface area contributed by atoms with Crippen molar-refractivity contribution in [1.82, 2.24) is 0 Å². The van der Waals surface area contributed by atoms with E-state index in [1.165, 1.54) is 24.3 Å². The second-order valence-electron chi connectivity index (χ2n) is 5.86. The van der Waals surface area contributed by atoms with Crippen LogP contribution in [0.1, 0.15) is 34.5 Å². The van der Waals surface area contributed by atoms with E-state index in [0.29, 0.717) is 11.8 Å². The number of hydrogen-bond acceptors (Lipinski definition) is 1. The molecule has 0 spiro atoms. The van der Waals surface area contributed by atoms with E-state index in [1.807, 2.05) is 0 Å². The van der Waals surface area contributed by atoms with Gasteiger partial charge in [-0.25, -0.2) is 8.78 Å². The Morgan fingerprint density at radius 2 is 1.04 bits per heavy atom. The zero-order valence-electron chi connectivity index (χ0n) is 13.6. The summed E-state index contributed by atoms with van der Waals surface area (Å²) in [5.74, 6) is -1.59. The Morgan fingerprint density at radius 3 is 1.33 bits per heavy atom. The number of benzene rings is 2. The van der Waals surface area contributed by atoms with E-state index in [-0.39, 0.29) is 11.1 Å². The lowest BCUT2D eigenvalue weighted by Gasteiger charge is -2.26. The Labute approximate surface area is 154 Å². The third-order valence-corrected chi connectivity index (χ3v) is 5.14. The third kappa shape index (κ3) is 7.40. The lowest BCUT2D eigenvalue weighted by atomic mass is 10.1. The quantitative estimate of drug-likeness (QED) is 0.444. The average Bonchev–Trinajstić information content (AvgIpc) is 2.51. The molecule has 0 radical (unpaired) electrons. The number of hydrogen-bond donors (Lipinski definition) is 0. The molecule has 0 aliphatic carbocycles. The molecule has 2 aromatic rings. The first-order valence-corrected chi connectivity index (χ1v) is 8.67. The van der Waals surface area contributed by atoms with Crippen LogP contribution in [0.2, 0.25) is 0 Å². The molecule has 2 unspecified atom stereocenters. The average molecular weight is 414 g/mol. The van der Waals surface area contributed by atoms with Crippen molar-refractivity contribution < 1.29 is 35.1 Å². The minimum Gasteiger partial charge on any atom is -0.207 e. The molecule has 0 bridgehead atoms. The molecular weight excluding hydrogens is 400 g/mol. The van der Waals surface area contributed by atoms with Gasteiger partial charge in [-0.05, 0) is 35.4 Å². The molecule has 27 heavy (non-hydrogen) atoms. The van der Waals surface area contributed by atoms with Gasteiger partial charge in [-0.3, -0.25) is 0 Å². The second-order valence-corrected chi connectivity index (χ2v) is 7.27. The van der Waals surface area contributed by atoms with Crippen LogP contribution < -0.4 is 0 Å². The van der Waals surface area contributed by atoms with Crippen molar-refractivity contribution in [2.24, 2.45) is 0 Å². The van der Waals surface area contributed by atoms with Gasteiger partial charge in [0.2, 0.25) is 0 Å². The number of rotatable bonds is 6. The molecule has 0 heterocycles. The Bertz CT molecular complexity index is 690. The maximum Gasteiger partial charge on any atom is 0.390 e. The maximum absolute atomic E-state index is 13.4. The molecule has 9 heteroatoms. The Hall–Kier alpha value is -1.77. The summed E-state index contributed by atoms with van der Waals surface area (Å²) >= 11 is 0.394. The first-order valence-electron chi connectivity index (χ1n) is 7.73. The summed E-state index contributed by atoms with van der Waals surface area (Å²) in [6.45, 7) is 0. The predicted molar refractivity (Wildman–Crippen MR) is 87.2 cm³/mol. The number of alkyl halides is 6. The monoisotopic (exact) mass is 414 g/mol. The fraction of sp³-hybridized carbons (Fsp3) is 0.333. The molecule has 0 saturated carbocycles. The second kappa shape index (κ2) is 8.50. The Kier molecular flexibility index (Phi) is 6.77. The van der Waals surface area contributed by atoms with Crippen molar-refractivity contribution in [1.29, 1.82) is 0 Å². The van der Waals surface area contributed by atoms with Gasteiger partial charge in [0.15, 0.2) is 0 Å². The van der Waals surface area contributed by atoms with Gasteiger partial charge in [-0.1, -0.05) is 24.3 Å². The van der Waals surface area contributed by atoms with Crippen molar-refractivity contribution in [3.05, 3.63) is 71.3 Å². The first-order chi connectivity index (χ1) is 12.4. The zero-order valence-corrected chi connectivity index (χ0v) is 14.4. The third-order valence-electron chi connectivity index (χ3n) is 3.60. The van der Waals surface area contributed by atoms with Gasteiger partial charge in [0.25, 0.3) is 0 Å². The van der Waals surface area contributed by atoms with Crippen molar-refractivity contribution in [3.8, 4) is 0 Å². The first kappa shape index (κ1) is 21.5. The van der Waals surface area contributed by atoms with E-state index in [0.717, 1.165) is 24.3 Å². The topological polar surface area (TPSA) is 0 Å². The summed E-state index contributed by atoms with van der Waals surface area (Å²) in [5.41, 5.74) is -0.165. The largest absolute Gasteiger partial charge is 0.390 e. The smallest absolute Gasteiger partial charge is 0.207 e. The van der Waals surface area contributed by atoms with E-state index in [1.54, 1.807) is 0 Å². The molecule has 0 fully saturated rings. The van der Waals surface area contributed by atoms with Crippen LogP contribution in [0.25, 0.3) is 0 Å². The van der Waals surface area contributed by atoms with Crippen molar-refractivity contribution in [3.63, 3.8) is 0 Å². The van der Waals surface area contributed by atoms with Crippen LogP contribution in [0.3, 0.4) is 0 Å². The van der Waals surface area contributed by atoms with E-state index in [9.17, 15) is 35.1 Å². The van der Waals surface area contributed by atoms with Crippen LogP contribution in [-0.4, -0.2) is 12.4 Å². The highest BCUT2D eigenvalue weighted by atomic mass is 32.2. The summed E-state index contributed by atoms with van der Waals surface area (Å²) in [7, 11) is 0. The van der Waals surface area contributed by atoms with Crippen LogP contribution in [0.15, 0.2) is 48.5 Å². The highest BCUT2D eigenvalue weighted by Crippen LogP contribution is 2.49. The van der Waals surface area contributed by atoms with Crippen molar-refractivity contribution in [2.75, 3.05) is 0 Å². The van der Waals surface area contributed by atoms with E-state index < -0.39 is 47.3 Å². The molecule has 2 atom stereocenters. The summed E-state index contributed by atoms with van der Waals surface area (Å²) in [4.78, 5) is 0. The fourth-order valence-electron chi connectivity index (χ4n) is 2.52. The van der Waals surface area contributed by atoms with Gasteiger partial charge in [0.1, 0.15) is 11.6 Å². The number of thioether (sulfide) groups is 1. The molecular formula is C18H14F8S. The van der Waals surface area contributed by atoms with Crippen LogP contribution in [0.4, 0.5) is 35.1 Å². The minimum atomic E-state index is -4.67. The van der Waals surface area contributed by atoms with Gasteiger partial charge >= 0.3 is 12.4 Å². The van der Waals surface area contributed by atoms with Gasteiger partial charge in [-0.15, -0.1) is 11.8 Å². The van der Waals surface area contributed by atoms with Crippen LogP contribution in [0, 0.1) is 11.6 Å². The maximum atomic E-state index is 13.4. The lowest BCUT2D eigenvalue weighted by molar-refractivity contribution is -0.135. The summed E-state index contributed by atoms with van der Waals surface area (Å²) in [6.07, 6.45) is -12.2. The van der Waals surface area contributed by atoms with Crippen LogP contribution in [0.5, 0.6) is 0 Å². The summed E-state index contributed by atoms with van der Waals surface area (Å²) < 4.78 is 105. The molecule has 0 aliphatic heterocycles. The molecule has 0 aliphatic rings. The summed E-state index contributed by atoms with van der Waals surface area (Å²) in [5, 5.41) is -2.95. The normalized spacial score (nSPS) is 14.8. The molecule has 0 N–H and O–H groups in total. The lowest BCUT2D eigenvalue weighted by Crippen LogP contribution is -2.16. The molecule has 2 rings (SSSR count). The standard InChI is InChI=1S/C18H14F8S/c19-13-5-1-3-11(7-13)15(9-17(21,22)23)27-16(10-18(24,25)26)12-4-2-6-14(20)8-12/h1-8,15-16H,9-10H2. The zero-order chi connectivity index (χ0) is 20.2. The molecule has 0 nitrogen and oxygen atoms in total. The molecule has 2 aromatic carbocycles. The van der Waals surface area contributed by atoms with E-state index >= 15 is 0 Å². The van der Waals surface area contributed by atoms with Gasteiger partial charge in [0, 0.05) is 10.5 Å². The van der Waals surface area contributed by atoms with Gasteiger partial charge in [0.05, 0.1) is 12.8 Å². The molecule has 0 saturated heterocycles. The molecule has 0 aromatic heterocycles. The highest BCUT2D eigenvalue weighted by Gasteiger charge is 2.38. The molecule has 0 amide bonds. The predicted octanol–water partition coefficient (Wildman–Crippen LogP) is 7.39.